The predicted molar refractivity (Wildman–Crippen MR) is 83.7 cm³/mol. The Balaban J connectivity index is 2.28. The molecule has 2 rings (SSSR count). The highest BCUT2D eigenvalue weighted by molar-refractivity contribution is 8.00. The number of rotatable bonds is 4. The molecule has 2 fully saturated rings. The van der Waals surface area contributed by atoms with Gasteiger partial charge in [0.05, 0.1) is 6.10 Å². The summed E-state index contributed by atoms with van der Waals surface area (Å²) in [6.07, 6.45) is 4.17. The molecule has 0 amide bonds. The lowest BCUT2D eigenvalue weighted by atomic mass is 9.84. The van der Waals surface area contributed by atoms with Crippen LogP contribution in [0.4, 0.5) is 0 Å². The first kappa shape index (κ1) is 16.5. The van der Waals surface area contributed by atoms with Gasteiger partial charge in [-0.1, -0.05) is 6.92 Å². The second kappa shape index (κ2) is 6.52. The minimum Gasteiger partial charge on any atom is -0.378 e. The van der Waals surface area contributed by atoms with Gasteiger partial charge >= 0.3 is 0 Å². The Morgan fingerprint density at radius 3 is 2.85 bits per heavy atom. The highest BCUT2D eigenvalue weighted by atomic mass is 32.2. The summed E-state index contributed by atoms with van der Waals surface area (Å²) in [5.41, 5.74) is 5.88. The van der Waals surface area contributed by atoms with Crippen LogP contribution in [0.3, 0.4) is 0 Å². The average molecular weight is 322 g/mol. The molecule has 3 atom stereocenters. The number of ether oxygens (including phenoxy) is 1. The fraction of sp³-hybridized carbons (Fsp3) is 1.00. The van der Waals surface area contributed by atoms with Gasteiger partial charge in [-0.2, -0.15) is 11.8 Å². The lowest BCUT2D eigenvalue weighted by molar-refractivity contribution is -0.0735. The van der Waals surface area contributed by atoms with Crippen molar-refractivity contribution in [2.24, 2.45) is 5.73 Å². The number of thioether (sulfide) groups is 1. The molecule has 2 aliphatic rings. The Morgan fingerprint density at radius 1 is 1.50 bits per heavy atom. The van der Waals surface area contributed by atoms with E-state index < -0.39 is 15.2 Å². The van der Waals surface area contributed by atoms with E-state index in [9.17, 15) is 8.42 Å². The molecule has 0 aromatic rings. The first-order valence-electron chi connectivity index (χ1n) is 7.28. The van der Waals surface area contributed by atoms with Crippen LogP contribution in [0.1, 0.15) is 26.2 Å². The van der Waals surface area contributed by atoms with Crippen molar-refractivity contribution in [3.63, 3.8) is 0 Å². The largest absolute Gasteiger partial charge is 0.378 e. The van der Waals surface area contributed by atoms with Gasteiger partial charge in [0, 0.05) is 43.0 Å². The van der Waals surface area contributed by atoms with Gasteiger partial charge in [-0.05, 0) is 19.3 Å². The topological polar surface area (TPSA) is 72.6 Å². The lowest BCUT2D eigenvalue weighted by Crippen LogP contribution is -2.65. The predicted octanol–water partition coefficient (Wildman–Crippen LogP) is 0.692. The van der Waals surface area contributed by atoms with Crippen molar-refractivity contribution < 1.29 is 13.2 Å². The van der Waals surface area contributed by atoms with Gasteiger partial charge in [-0.25, -0.2) is 8.42 Å². The first-order valence-corrected chi connectivity index (χ1v) is 10.4. The molecule has 0 saturated carbocycles. The third kappa shape index (κ3) is 3.32. The summed E-state index contributed by atoms with van der Waals surface area (Å²) < 4.78 is 30.0. The summed E-state index contributed by atoms with van der Waals surface area (Å²) in [4.78, 5) is 2.17. The minimum atomic E-state index is -3.09. The van der Waals surface area contributed by atoms with Crippen molar-refractivity contribution in [1.29, 1.82) is 0 Å². The van der Waals surface area contributed by atoms with Crippen LogP contribution < -0.4 is 5.73 Å². The summed E-state index contributed by atoms with van der Waals surface area (Å²) in [7, 11) is -3.09. The van der Waals surface area contributed by atoms with E-state index in [1.807, 2.05) is 0 Å². The molecule has 0 aliphatic carbocycles. The maximum absolute atomic E-state index is 12.1. The zero-order valence-electron chi connectivity index (χ0n) is 12.4. The van der Waals surface area contributed by atoms with Crippen LogP contribution in [-0.4, -0.2) is 67.8 Å². The molecule has 0 aromatic heterocycles. The second-order valence-electron chi connectivity index (χ2n) is 5.84. The number of hydrogen-bond donors (Lipinski definition) is 1. The molecule has 0 bridgehead atoms. The van der Waals surface area contributed by atoms with E-state index in [-0.39, 0.29) is 11.6 Å². The van der Waals surface area contributed by atoms with Gasteiger partial charge in [0.15, 0.2) is 9.84 Å². The van der Waals surface area contributed by atoms with E-state index in [0.717, 1.165) is 31.6 Å². The van der Waals surface area contributed by atoms with Crippen LogP contribution in [0.25, 0.3) is 0 Å². The first-order chi connectivity index (χ1) is 9.43. The van der Waals surface area contributed by atoms with Gasteiger partial charge < -0.3 is 10.5 Å². The maximum Gasteiger partial charge on any atom is 0.164 e. The molecule has 2 saturated heterocycles. The zero-order chi connectivity index (χ0) is 14.8. The molecule has 0 spiro atoms. The van der Waals surface area contributed by atoms with E-state index in [2.05, 4.69) is 11.8 Å². The van der Waals surface area contributed by atoms with Crippen molar-refractivity contribution in [1.82, 2.24) is 4.90 Å². The highest BCUT2D eigenvalue weighted by Gasteiger charge is 2.46. The summed E-state index contributed by atoms with van der Waals surface area (Å²) in [5.74, 6) is 1.63. The van der Waals surface area contributed by atoms with Crippen molar-refractivity contribution in [3.05, 3.63) is 0 Å². The summed E-state index contributed by atoms with van der Waals surface area (Å²) in [6.45, 7) is 4.09. The van der Waals surface area contributed by atoms with Crippen LogP contribution in [0.15, 0.2) is 0 Å². The molecule has 2 heterocycles. The normalized spacial score (nSPS) is 37.0. The Labute approximate surface area is 126 Å². The van der Waals surface area contributed by atoms with Crippen LogP contribution in [0.5, 0.6) is 0 Å². The SMILES string of the molecule is CCC1CC(CN)(N2CCSCC2S(C)(=O)=O)CCO1. The molecule has 2 N–H and O–H groups in total. The standard InChI is InChI=1S/C13H26N2O3S2/c1-3-11-8-13(10-14,4-6-18-11)15-5-7-19-9-12(15)20(2,16)17/h11-12H,3-10,14H2,1-2H3. The fourth-order valence-corrected chi connectivity index (χ4v) is 6.25. The van der Waals surface area contributed by atoms with Crippen LogP contribution in [0, 0.1) is 0 Å². The Morgan fingerprint density at radius 2 is 2.25 bits per heavy atom. The number of nitrogens with two attached hydrogens (primary N) is 1. The molecule has 3 unspecified atom stereocenters. The van der Waals surface area contributed by atoms with Gasteiger partial charge in [0.1, 0.15) is 5.37 Å². The van der Waals surface area contributed by atoms with Gasteiger partial charge in [0.25, 0.3) is 0 Å². The zero-order valence-corrected chi connectivity index (χ0v) is 14.0. The maximum atomic E-state index is 12.1. The number of nitrogens with zero attached hydrogens (tertiary/aromatic N) is 1. The molecule has 20 heavy (non-hydrogen) atoms. The van der Waals surface area contributed by atoms with Crippen molar-refractivity contribution in [2.75, 3.05) is 37.5 Å². The van der Waals surface area contributed by atoms with Gasteiger partial charge in [-0.15, -0.1) is 0 Å². The monoisotopic (exact) mass is 322 g/mol. The summed E-state index contributed by atoms with van der Waals surface area (Å²) >= 11 is 1.72. The van der Waals surface area contributed by atoms with E-state index in [0.29, 0.717) is 18.9 Å². The summed E-state index contributed by atoms with van der Waals surface area (Å²) in [5, 5.41) is -0.402. The van der Waals surface area contributed by atoms with Crippen molar-refractivity contribution in [3.8, 4) is 0 Å². The molecule has 118 valence electrons. The van der Waals surface area contributed by atoms with E-state index in [1.165, 1.54) is 6.26 Å². The fourth-order valence-electron chi connectivity index (χ4n) is 3.30. The highest BCUT2D eigenvalue weighted by Crippen LogP contribution is 2.36. The smallest absolute Gasteiger partial charge is 0.164 e. The van der Waals surface area contributed by atoms with Crippen LogP contribution in [0.2, 0.25) is 0 Å². The Kier molecular flexibility index (Phi) is 5.40. The average Bonchev–Trinajstić information content (AvgIpc) is 2.46. The third-order valence-corrected chi connectivity index (χ3v) is 7.20. The molecule has 0 radical (unpaired) electrons. The Hall–Kier alpha value is 0.180. The molecule has 5 nitrogen and oxygen atoms in total. The van der Waals surface area contributed by atoms with Crippen LogP contribution >= 0.6 is 11.8 Å². The molecular formula is C13H26N2O3S2. The van der Waals surface area contributed by atoms with Crippen molar-refractivity contribution >= 4 is 21.6 Å². The molecule has 0 aromatic carbocycles. The van der Waals surface area contributed by atoms with Gasteiger partial charge in [-0.3, -0.25) is 4.90 Å². The van der Waals surface area contributed by atoms with E-state index >= 15 is 0 Å². The quantitative estimate of drug-likeness (QED) is 0.821. The molecule has 2 aliphatic heterocycles. The van der Waals surface area contributed by atoms with Crippen molar-refractivity contribution in [2.45, 2.75) is 43.2 Å². The Bertz CT molecular complexity index is 429. The van der Waals surface area contributed by atoms with Crippen LogP contribution in [-0.2, 0) is 14.6 Å². The second-order valence-corrected chi connectivity index (χ2v) is 9.19. The minimum absolute atomic E-state index is 0.196. The number of hydrogen-bond acceptors (Lipinski definition) is 6. The van der Waals surface area contributed by atoms with E-state index in [1.54, 1.807) is 11.8 Å². The molecular weight excluding hydrogens is 296 g/mol. The third-order valence-electron chi connectivity index (χ3n) is 4.55. The summed E-state index contributed by atoms with van der Waals surface area (Å²) in [6, 6.07) is 0. The molecule has 7 heteroatoms. The van der Waals surface area contributed by atoms with Gasteiger partial charge in [0.2, 0.25) is 0 Å². The number of sulfone groups is 1. The van der Waals surface area contributed by atoms with E-state index in [4.69, 9.17) is 10.5 Å². The lowest BCUT2D eigenvalue weighted by Gasteiger charge is -2.51.